The van der Waals surface area contributed by atoms with Crippen molar-refractivity contribution in [2.24, 2.45) is 0 Å². The Morgan fingerprint density at radius 2 is 2.04 bits per heavy atom. The Morgan fingerprint density at radius 3 is 2.71 bits per heavy atom. The number of hydrogen-bond donors (Lipinski definition) is 1. The molecule has 128 valence electrons. The molecule has 1 aliphatic heterocycles. The number of carbonyl (C=O) groups excluding carboxylic acids is 1. The number of hydrogen-bond acceptors (Lipinski definition) is 5. The number of benzene rings is 1. The van der Waals surface area contributed by atoms with Crippen LogP contribution in [0.5, 0.6) is 0 Å². The van der Waals surface area contributed by atoms with Crippen molar-refractivity contribution in [2.45, 2.75) is 51.3 Å². The molecule has 0 radical (unpaired) electrons. The number of amides is 1. The zero-order valence-electron chi connectivity index (χ0n) is 14.3. The molecule has 24 heavy (non-hydrogen) atoms. The van der Waals surface area contributed by atoms with Gasteiger partial charge in [-0.05, 0) is 44.4 Å². The Balaban J connectivity index is 1.63. The van der Waals surface area contributed by atoms with Crippen molar-refractivity contribution in [3.8, 4) is 0 Å². The Bertz CT molecular complexity index is 693. The lowest BCUT2D eigenvalue weighted by atomic mass is 9.97. The monoisotopic (exact) mass is 329 g/mol. The van der Waals surface area contributed by atoms with Crippen molar-refractivity contribution in [1.29, 1.82) is 0 Å². The maximum Gasteiger partial charge on any atom is 0.293 e. The molecule has 2 aromatic rings. The van der Waals surface area contributed by atoms with E-state index in [1.807, 2.05) is 51.1 Å². The third-order valence-electron chi connectivity index (χ3n) is 4.01. The van der Waals surface area contributed by atoms with Crippen LogP contribution in [-0.4, -0.2) is 38.8 Å². The summed E-state index contributed by atoms with van der Waals surface area (Å²) in [5.74, 6) is -0.183. The van der Waals surface area contributed by atoms with Gasteiger partial charge in [0.1, 0.15) is 0 Å². The first-order valence-corrected chi connectivity index (χ1v) is 8.21. The van der Waals surface area contributed by atoms with Crippen LogP contribution in [0, 0.1) is 0 Å². The van der Waals surface area contributed by atoms with Crippen molar-refractivity contribution in [2.75, 3.05) is 6.61 Å². The normalized spacial score (nSPS) is 21.5. The van der Waals surface area contributed by atoms with E-state index in [1.165, 1.54) is 4.80 Å². The fraction of sp³-hybridized carbons (Fsp3) is 0.529. The summed E-state index contributed by atoms with van der Waals surface area (Å²) in [7, 11) is 0. The lowest BCUT2D eigenvalue weighted by molar-refractivity contribution is 0.000824. The highest BCUT2D eigenvalue weighted by atomic mass is 16.5. The van der Waals surface area contributed by atoms with Crippen molar-refractivity contribution in [3.63, 3.8) is 0 Å². The van der Waals surface area contributed by atoms with Gasteiger partial charge >= 0.3 is 0 Å². The molecule has 2 atom stereocenters. The van der Waals surface area contributed by atoms with Crippen LogP contribution in [-0.2, 0) is 10.3 Å². The molecule has 7 nitrogen and oxygen atoms in total. The minimum absolute atomic E-state index is 0.00321. The molecule has 0 saturated carbocycles. The van der Waals surface area contributed by atoms with Crippen LogP contribution >= 0.6 is 0 Å². The van der Waals surface area contributed by atoms with Crippen molar-refractivity contribution in [3.05, 3.63) is 41.7 Å². The molecule has 1 saturated heterocycles. The summed E-state index contributed by atoms with van der Waals surface area (Å²) in [6.07, 6.45) is 1.52. The molecule has 1 N–H and O–H groups in total. The highest BCUT2D eigenvalue weighted by Gasteiger charge is 2.27. The van der Waals surface area contributed by atoms with Gasteiger partial charge in [-0.25, -0.2) is 0 Å². The van der Waals surface area contributed by atoms with E-state index in [0.29, 0.717) is 6.61 Å². The van der Waals surface area contributed by atoms with Gasteiger partial charge in [0.15, 0.2) is 0 Å². The average Bonchev–Trinajstić information content (AvgIpc) is 3.06. The standard InChI is InChI=1S/C17H23N5O2/c1-17(2,3)22-20-15(19-21-22)16(23)18-13-9-10-24-14(11-13)12-7-5-4-6-8-12/h4-8,13-14H,9-11H2,1-3H3,(H,18,23). The van der Waals surface area contributed by atoms with Gasteiger partial charge in [0.25, 0.3) is 11.7 Å². The molecule has 1 aromatic heterocycles. The number of nitrogens with zero attached hydrogens (tertiary/aromatic N) is 4. The summed E-state index contributed by atoms with van der Waals surface area (Å²) in [6, 6.07) is 10.1. The quantitative estimate of drug-likeness (QED) is 0.932. The van der Waals surface area contributed by atoms with Crippen molar-refractivity contribution in [1.82, 2.24) is 25.5 Å². The van der Waals surface area contributed by atoms with E-state index < -0.39 is 0 Å². The van der Waals surface area contributed by atoms with E-state index in [0.717, 1.165) is 18.4 Å². The van der Waals surface area contributed by atoms with Gasteiger partial charge < -0.3 is 10.1 Å². The van der Waals surface area contributed by atoms with Crippen LogP contribution in [0.4, 0.5) is 0 Å². The van der Waals surface area contributed by atoms with Crippen LogP contribution in [0.3, 0.4) is 0 Å². The predicted octanol–water partition coefficient (Wildman–Crippen LogP) is 2.08. The first-order valence-electron chi connectivity index (χ1n) is 8.21. The number of tetrazole rings is 1. The van der Waals surface area contributed by atoms with Gasteiger partial charge in [0.05, 0.1) is 11.6 Å². The van der Waals surface area contributed by atoms with E-state index in [1.54, 1.807) is 0 Å². The van der Waals surface area contributed by atoms with E-state index in [4.69, 9.17) is 4.74 Å². The van der Waals surface area contributed by atoms with Gasteiger partial charge in [0, 0.05) is 12.6 Å². The number of ether oxygens (including phenoxy) is 1. The third kappa shape index (κ3) is 3.79. The number of rotatable bonds is 3. The molecule has 2 unspecified atom stereocenters. The smallest absolute Gasteiger partial charge is 0.293 e. The first-order chi connectivity index (χ1) is 11.4. The molecule has 0 aliphatic carbocycles. The molecule has 7 heteroatoms. The minimum atomic E-state index is -0.303. The fourth-order valence-corrected chi connectivity index (χ4v) is 2.67. The highest BCUT2D eigenvalue weighted by Crippen LogP contribution is 2.27. The van der Waals surface area contributed by atoms with Gasteiger partial charge in [-0.3, -0.25) is 4.79 Å². The second kappa shape index (κ2) is 6.68. The molecule has 0 spiro atoms. The molecule has 1 aromatic carbocycles. The number of carbonyl (C=O) groups is 1. The third-order valence-corrected chi connectivity index (χ3v) is 4.01. The Labute approximate surface area is 141 Å². The minimum Gasteiger partial charge on any atom is -0.373 e. The van der Waals surface area contributed by atoms with E-state index >= 15 is 0 Å². The number of aromatic nitrogens is 4. The fourth-order valence-electron chi connectivity index (χ4n) is 2.67. The van der Waals surface area contributed by atoms with Crippen molar-refractivity contribution < 1.29 is 9.53 Å². The molecule has 1 fully saturated rings. The van der Waals surface area contributed by atoms with Crippen molar-refractivity contribution >= 4 is 5.91 Å². The topological polar surface area (TPSA) is 81.9 Å². The largest absolute Gasteiger partial charge is 0.373 e. The second-order valence-electron chi connectivity index (χ2n) is 7.04. The molecule has 3 rings (SSSR count). The highest BCUT2D eigenvalue weighted by molar-refractivity contribution is 5.90. The summed E-state index contributed by atoms with van der Waals surface area (Å²) in [4.78, 5) is 13.8. The Kier molecular flexibility index (Phi) is 4.62. The Morgan fingerprint density at radius 1 is 1.29 bits per heavy atom. The van der Waals surface area contributed by atoms with Gasteiger partial charge in [0.2, 0.25) is 0 Å². The maximum atomic E-state index is 12.4. The summed E-state index contributed by atoms with van der Waals surface area (Å²) >= 11 is 0. The van der Waals surface area contributed by atoms with Gasteiger partial charge in [-0.2, -0.15) is 4.80 Å². The van der Waals surface area contributed by atoms with Crippen LogP contribution in [0.15, 0.2) is 30.3 Å². The molecule has 1 amide bonds. The zero-order chi connectivity index (χ0) is 17.2. The molecule has 2 heterocycles. The Hall–Kier alpha value is -2.28. The molecular weight excluding hydrogens is 306 g/mol. The molecular formula is C17H23N5O2. The average molecular weight is 329 g/mol. The SMILES string of the molecule is CC(C)(C)n1nnc(C(=O)NC2CCOC(c3ccccc3)C2)n1. The van der Waals surface area contributed by atoms with Crippen LogP contribution in [0.2, 0.25) is 0 Å². The van der Waals surface area contributed by atoms with Crippen LogP contribution in [0.25, 0.3) is 0 Å². The lowest BCUT2D eigenvalue weighted by Gasteiger charge is -2.30. The first kappa shape index (κ1) is 16.6. The summed E-state index contributed by atoms with van der Waals surface area (Å²) < 4.78 is 5.83. The summed E-state index contributed by atoms with van der Waals surface area (Å²) in [6.45, 7) is 6.49. The maximum absolute atomic E-state index is 12.4. The number of nitrogens with one attached hydrogen (secondary N) is 1. The predicted molar refractivity (Wildman–Crippen MR) is 88.4 cm³/mol. The van der Waals surface area contributed by atoms with E-state index in [9.17, 15) is 4.79 Å². The van der Waals surface area contributed by atoms with Crippen LogP contribution < -0.4 is 5.32 Å². The zero-order valence-corrected chi connectivity index (χ0v) is 14.3. The summed E-state index contributed by atoms with van der Waals surface area (Å²) in [5.41, 5.74) is 0.830. The van der Waals surface area contributed by atoms with E-state index in [-0.39, 0.29) is 29.4 Å². The van der Waals surface area contributed by atoms with Gasteiger partial charge in [-0.1, -0.05) is 30.3 Å². The summed E-state index contributed by atoms with van der Waals surface area (Å²) in [5, 5.41) is 15.0. The lowest BCUT2D eigenvalue weighted by Crippen LogP contribution is -2.40. The van der Waals surface area contributed by atoms with Crippen LogP contribution in [0.1, 0.15) is 55.9 Å². The molecule has 0 bridgehead atoms. The molecule has 1 aliphatic rings. The second-order valence-corrected chi connectivity index (χ2v) is 7.04. The van der Waals surface area contributed by atoms with Gasteiger partial charge in [-0.15, -0.1) is 10.2 Å². The van der Waals surface area contributed by atoms with E-state index in [2.05, 4.69) is 20.7 Å².